The molecule has 8 heteroatoms. The first-order valence-electron chi connectivity index (χ1n) is 6.10. The van der Waals surface area contributed by atoms with Gasteiger partial charge in [-0.2, -0.15) is 0 Å². The fraction of sp³-hybridized carbons (Fsp3) is 0.154. The van der Waals surface area contributed by atoms with Crippen molar-refractivity contribution in [1.82, 2.24) is 4.98 Å². The first kappa shape index (κ1) is 15.5. The molecule has 0 fully saturated rings. The van der Waals surface area contributed by atoms with E-state index in [0.717, 1.165) is 0 Å². The van der Waals surface area contributed by atoms with Crippen LogP contribution in [0, 0.1) is 5.82 Å². The predicted molar refractivity (Wildman–Crippen MR) is 80.6 cm³/mol. The maximum Gasteiger partial charge on any atom is 0.265 e. The van der Waals surface area contributed by atoms with Crippen LogP contribution in [-0.2, 0) is 10.0 Å². The number of hydrogen-bond acceptors (Lipinski definition) is 4. The van der Waals surface area contributed by atoms with Crippen LogP contribution in [0.2, 0.25) is 5.02 Å². The molecule has 1 heterocycles. The molecule has 0 aliphatic rings. The van der Waals surface area contributed by atoms with Gasteiger partial charge in [0.05, 0.1) is 16.4 Å². The summed E-state index contributed by atoms with van der Waals surface area (Å²) in [5, 5.41) is 2.76. The molecule has 0 saturated carbocycles. The van der Waals surface area contributed by atoms with Crippen LogP contribution < -0.4 is 10.0 Å². The minimum atomic E-state index is -3.98. The molecule has 1 aromatic carbocycles. The van der Waals surface area contributed by atoms with Crippen molar-refractivity contribution in [2.24, 2.45) is 0 Å². The maximum atomic E-state index is 13.8. The molecular weight excluding hydrogens is 317 g/mol. The molecule has 0 atom stereocenters. The molecule has 0 saturated heterocycles. The van der Waals surface area contributed by atoms with Gasteiger partial charge in [0, 0.05) is 18.9 Å². The Labute approximate surface area is 127 Å². The van der Waals surface area contributed by atoms with Crippen LogP contribution >= 0.6 is 11.6 Å². The summed E-state index contributed by atoms with van der Waals surface area (Å²) < 4.78 is 40.7. The summed E-state index contributed by atoms with van der Waals surface area (Å²) in [6.07, 6.45) is 2.67. The molecule has 0 radical (unpaired) electrons. The van der Waals surface area contributed by atoms with Crippen molar-refractivity contribution in [3.05, 3.63) is 47.5 Å². The van der Waals surface area contributed by atoms with Crippen LogP contribution in [0.15, 0.2) is 41.6 Å². The zero-order valence-corrected chi connectivity index (χ0v) is 12.7. The SMILES string of the molecule is CCNc1ccncc1S(=O)(=O)Nc1cccc(Cl)c1F. The van der Waals surface area contributed by atoms with E-state index in [1.165, 1.54) is 36.7 Å². The quantitative estimate of drug-likeness (QED) is 0.884. The van der Waals surface area contributed by atoms with E-state index in [1.54, 1.807) is 0 Å². The number of hydrogen-bond donors (Lipinski definition) is 2. The molecule has 0 spiro atoms. The number of sulfonamides is 1. The van der Waals surface area contributed by atoms with Crippen molar-refractivity contribution in [2.75, 3.05) is 16.6 Å². The molecule has 1 aromatic heterocycles. The minimum absolute atomic E-state index is 0.0637. The van der Waals surface area contributed by atoms with Crippen LogP contribution in [-0.4, -0.2) is 19.9 Å². The summed E-state index contributed by atoms with van der Waals surface area (Å²) in [6, 6.07) is 5.62. The van der Waals surface area contributed by atoms with Crippen LogP contribution in [0.5, 0.6) is 0 Å². The third-order valence-corrected chi connectivity index (χ3v) is 4.32. The predicted octanol–water partition coefficient (Wildman–Crippen LogP) is 3.11. The second-order valence-corrected chi connectivity index (χ2v) is 6.17. The second-order valence-electron chi connectivity index (χ2n) is 4.11. The molecule has 112 valence electrons. The Kier molecular flexibility index (Phi) is 4.64. The Hall–Kier alpha value is -1.86. The smallest absolute Gasteiger partial charge is 0.265 e. The Bertz CT molecular complexity index is 753. The Morgan fingerprint density at radius 3 is 2.76 bits per heavy atom. The van der Waals surface area contributed by atoms with Gasteiger partial charge in [-0.15, -0.1) is 0 Å². The van der Waals surface area contributed by atoms with Crippen LogP contribution in [0.4, 0.5) is 15.8 Å². The molecule has 21 heavy (non-hydrogen) atoms. The molecule has 2 rings (SSSR count). The monoisotopic (exact) mass is 329 g/mol. The van der Waals surface area contributed by atoms with E-state index in [4.69, 9.17) is 11.6 Å². The number of pyridine rings is 1. The van der Waals surface area contributed by atoms with Gasteiger partial charge in [0.2, 0.25) is 0 Å². The lowest BCUT2D eigenvalue weighted by Crippen LogP contribution is -2.16. The fourth-order valence-electron chi connectivity index (χ4n) is 1.71. The highest BCUT2D eigenvalue weighted by Crippen LogP contribution is 2.26. The van der Waals surface area contributed by atoms with Gasteiger partial charge in [-0.05, 0) is 25.1 Å². The van der Waals surface area contributed by atoms with Gasteiger partial charge in [0.25, 0.3) is 10.0 Å². The van der Waals surface area contributed by atoms with Gasteiger partial charge in [-0.1, -0.05) is 17.7 Å². The largest absolute Gasteiger partial charge is 0.384 e. The van der Waals surface area contributed by atoms with Crippen molar-refractivity contribution in [3.63, 3.8) is 0 Å². The van der Waals surface area contributed by atoms with Crippen LogP contribution in [0.25, 0.3) is 0 Å². The number of nitrogens with one attached hydrogen (secondary N) is 2. The fourth-order valence-corrected chi connectivity index (χ4v) is 3.07. The van der Waals surface area contributed by atoms with E-state index in [1.807, 2.05) is 6.92 Å². The minimum Gasteiger partial charge on any atom is -0.384 e. The van der Waals surface area contributed by atoms with Crippen molar-refractivity contribution >= 4 is 33.0 Å². The van der Waals surface area contributed by atoms with E-state index in [-0.39, 0.29) is 15.6 Å². The van der Waals surface area contributed by atoms with E-state index in [0.29, 0.717) is 12.2 Å². The highest BCUT2D eigenvalue weighted by Gasteiger charge is 2.20. The molecule has 2 N–H and O–H groups in total. The van der Waals surface area contributed by atoms with Gasteiger partial charge in [-0.25, -0.2) is 12.8 Å². The van der Waals surface area contributed by atoms with Gasteiger partial charge < -0.3 is 5.32 Å². The molecule has 2 aromatic rings. The lowest BCUT2D eigenvalue weighted by atomic mass is 10.3. The number of rotatable bonds is 5. The maximum absolute atomic E-state index is 13.8. The Balaban J connectivity index is 2.41. The lowest BCUT2D eigenvalue weighted by molar-refractivity contribution is 0.598. The molecule has 0 unspecified atom stereocenters. The average molecular weight is 330 g/mol. The number of anilines is 2. The topological polar surface area (TPSA) is 71.1 Å². The number of aromatic nitrogens is 1. The zero-order valence-electron chi connectivity index (χ0n) is 11.1. The lowest BCUT2D eigenvalue weighted by Gasteiger charge is -2.13. The normalized spacial score (nSPS) is 11.2. The summed E-state index contributed by atoms with van der Waals surface area (Å²) in [6.45, 7) is 2.37. The Morgan fingerprint density at radius 2 is 2.05 bits per heavy atom. The average Bonchev–Trinajstić information content (AvgIpc) is 2.44. The molecule has 0 aliphatic heterocycles. The number of halogens is 2. The first-order chi connectivity index (χ1) is 9.95. The van der Waals surface area contributed by atoms with Gasteiger partial charge in [0.15, 0.2) is 5.82 Å². The van der Waals surface area contributed by atoms with Crippen molar-refractivity contribution in [2.45, 2.75) is 11.8 Å². The van der Waals surface area contributed by atoms with E-state index < -0.39 is 15.8 Å². The molecule has 0 bridgehead atoms. The van der Waals surface area contributed by atoms with Crippen LogP contribution in [0.3, 0.4) is 0 Å². The third kappa shape index (κ3) is 3.43. The molecule has 0 aliphatic carbocycles. The number of benzene rings is 1. The van der Waals surface area contributed by atoms with Gasteiger partial charge in [0.1, 0.15) is 4.90 Å². The summed E-state index contributed by atoms with van der Waals surface area (Å²) >= 11 is 5.64. The van der Waals surface area contributed by atoms with E-state index in [9.17, 15) is 12.8 Å². The van der Waals surface area contributed by atoms with E-state index in [2.05, 4.69) is 15.0 Å². The van der Waals surface area contributed by atoms with Crippen LogP contribution in [0.1, 0.15) is 6.92 Å². The van der Waals surface area contributed by atoms with Gasteiger partial charge >= 0.3 is 0 Å². The Morgan fingerprint density at radius 1 is 1.29 bits per heavy atom. The highest BCUT2D eigenvalue weighted by molar-refractivity contribution is 7.92. The summed E-state index contributed by atoms with van der Waals surface area (Å²) in [5.74, 6) is -0.823. The summed E-state index contributed by atoms with van der Waals surface area (Å²) in [7, 11) is -3.98. The summed E-state index contributed by atoms with van der Waals surface area (Å²) in [5.41, 5.74) is 0.177. The standard InChI is InChI=1S/C13H13ClFN3O2S/c1-2-17-10-6-7-16-8-12(10)21(19,20)18-11-5-3-4-9(14)13(11)15/h3-8,18H,2H2,1H3,(H,16,17). The zero-order chi connectivity index (χ0) is 15.5. The highest BCUT2D eigenvalue weighted by atomic mass is 35.5. The third-order valence-electron chi connectivity index (χ3n) is 2.64. The van der Waals surface area contributed by atoms with Crippen molar-refractivity contribution in [3.8, 4) is 0 Å². The molecule has 0 amide bonds. The second kappa shape index (κ2) is 6.28. The molecule has 5 nitrogen and oxygen atoms in total. The van der Waals surface area contributed by atoms with E-state index >= 15 is 0 Å². The summed E-state index contributed by atoms with van der Waals surface area (Å²) in [4.78, 5) is 3.73. The first-order valence-corrected chi connectivity index (χ1v) is 7.96. The molecular formula is C13H13ClFN3O2S. The number of nitrogens with zero attached hydrogens (tertiary/aromatic N) is 1. The van der Waals surface area contributed by atoms with Gasteiger partial charge in [-0.3, -0.25) is 9.71 Å². The van der Waals surface area contributed by atoms with Crippen molar-refractivity contribution < 1.29 is 12.8 Å². The van der Waals surface area contributed by atoms with Crippen molar-refractivity contribution in [1.29, 1.82) is 0 Å².